The lowest BCUT2D eigenvalue weighted by molar-refractivity contribution is 0.340. The highest BCUT2D eigenvalue weighted by molar-refractivity contribution is 9.10. The van der Waals surface area contributed by atoms with Crippen LogP contribution in [-0.2, 0) is 0 Å². The topological polar surface area (TPSA) is 35.2 Å². The van der Waals surface area contributed by atoms with Gasteiger partial charge in [-0.2, -0.15) is 11.3 Å². The number of rotatable bonds is 4. The Hall–Kier alpha value is -0.840. The Morgan fingerprint density at radius 3 is 2.53 bits per heavy atom. The Labute approximate surface area is 114 Å². The van der Waals surface area contributed by atoms with Gasteiger partial charge in [0.05, 0.1) is 12.6 Å². The molecule has 17 heavy (non-hydrogen) atoms. The van der Waals surface area contributed by atoms with Crippen LogP contribution in [-0.4, -0.2) is 6.61 Å². The van der Waals surface area contributed by atoms with Gasteiger partial charge in [0.15, 0.2) is 0 Å². The van der Waals surface area contributed by atoms with Gasteiger partial charge in [-0.1, -0.05) is 12.1 Å². The van der Waals surface area contributed by atoms with Gasteiger partial charge in [-0.3, -0.25) is 0 Å². The zero-order valence-corrected chi connectivity index (χ0v) is 11.9. The Morgan fingerprint density at radius 2 is 2.00 bits per heavy atom. The summed E-state index contributed by atoms with van der Waals surface area (Å²) in [5.74, 6) is 0.882. The molecule has 1 unspecified atom stereocenters. The van der Waals surface area contributed by atoms with Crippen LogP contribution in [0.15, 0.2) is 39.5 Å². The monoisotopic (exact) mass is 311 g/mol. The molecule has 0 fully saturated rings. The minimum absolute atomic E-state index is 0.0914. The maximum absolute atomic E-state index is 6.22. The lowest BCUT2D eigenvalue weighted by Gasteiger charge is -2.12. The maximum Gasteiger partial charge on any atom is 0.119 e. The van der Waals surface area contributed by atoms with Gasteiger partial charge in [0.2, 0.25) is 0 Å². The van der Waals surface area contributed by atoms with Gasteiger partial charge in [-0.15, -0.1) is 0 Å². The number of nitrogens with two attached hydrogens (primary N) is 1. The molecule has 0 saturated heterocycles. The molecule has 0 amide bonds. The van der Waals surface area contributed by atoms with Crippen LogP contribution < -0.4 is 10.5 Å². The molecule has 2 aromatic rings. The van der Waals surface area contributed by atoms with E-state index in [1.165, 1.54) is 0 Å². The van der Waals surface area contributed by atoms with Crippen LogP contribution in [0.2, 0.25) is 0 Å². The van der Waals surface area contributed by atoms with Gasteiger partial charge in [-0.05, 0) is 51.5 Å². The lowest BCUT2D eigenvalue weighted by Crippen LogP contribution is -2.11. The average Bonchev–Trinajstić information content (AvgIpc) is 2.76. The maximum atomic E-state index is 6.22. The van der Waals surface area contributed by atoms with Gasteiger partial charge in [0.25, 0.3) is 0 Å². The first-order valence-corrected chi connectivity index (χ1v) is 7.16. The molecule has 0 bridgehead atoms. The first-order valence-electron chi connectivity index (χ1n) is 5.42. The van der Waals surface area contributed by atoms with Crippen molar-refractivity contribution in [3.63, 3.8) is 0 Å². The molecular weight excluding hydrogens is 298 g/mol. The molecule has 90 valence electrons. The van der Waals surface area contributed by atoms with Crippen molar-refractivity contribution in [3.05, 3.63) is 50.6 Å². The first-order chi connectivity index (χ1) is 8.22. The van der Waals surface area contributed by atoms with Gasteiger partial charge >= 0.3 is 0 Å². The van der Waals surface area contributed by atoms with Crippen LogP contribution in [0.25, 0.3) is 0 Å². The summed E-state index contributed by atoms with van der Waals surface area (Å²) in [6, 6.07) is 7.85. The SMILES string of the molecule is CCOc1ccc(C(N)c2cscc2Br)cc1. The fraction of sp³-hybridized carbons (Fsp3) is 0.231. The van der Waals surface area contributed by atoms with Crippen molar-refractivity contribution in [2.45, 2.75) is 13.0 Å². The third kappa shape index (κ3) is 2.89. The third-order valence-electron chi connectivity index (χ3n) is 2.53. The minimum atomic E-state index is -0.0914. The molecule has 0 aliphatic carbocycles. The Kier molecular flexibility index (Phi) is 4.20. The smallest absolute Gasteiger partial charge is 0.119 e. The Morgan fingerprint density at radius 1 is 1.29 bits per heavy atom. The number of hydrogen-bond donors (Lipinski definition) is 1. The Balaban J connectivity index is 2.20. The third-order valence-corrected chi connectivity index (χ3v) is 4.28. The fourth-order valence-electron chi connectivity index (χ4n) is 1.63. The van der Waals surface area contributed by atoms with Crippen LogP contribution in [0.5, 0.6) is 5.75 Å². The van der Waals surface area contributed by atoms with E-state index in [2.05, 4.69) is 21.3 Å². The second-order valence-electron chi connectivity index (χ2n) is 3.65. The van der Waals surface area contributed by atoms with Gasteiger partial charge in [0, 0.05) is 9.85 Å². The summed E-state index contributed by atoms with van der Waals surface area (Å²) < 4.78 is 6.48. The van der Waals surface area contributed by atoms with Gasteiger partial charge in [-0.25, -0.2) is 0 Å². The van der Waals surface area contributed by atoms with E-state index in [1.54, 1.807) is 11.3 Å². The van der Waals surface area contributed by atoms with E-state index in [0.717, 1.165) is 21.3 Å². The standard InChI is InChI=1S/C13H14BrNOS/c1-2-16-10-5-3-9(4-6-10)13(15)11-7-17-8-12(11)14/h3-8,13H,2,15H2,1H3. The zero-order chi connectivity index (χ0) is 12.3. The number of benzene rings is 1. The molecule has 1 heterocycles. The van der Waals surface area contributed by atoms with Gasteiger partial charge in [0.1, 0.15) is 5.75 Å². The molecule has 0 aliphatic heterocycles. The van der Waals surface area contributed by atoms with E-state index >= 15 is 0 Å². The molecule has 0 saturated carbocycles. The summed E-state index contributed by atoms with van der Waals surface area (Å²) in [4.78, 5) is 0. The fourth-order valence-corrected chi connectivity index (χ4v) is 3.21. The van der Waals surface area contributed by atoms with Crippen molar-refractivity contribution in [3.8, 4) is 5.75 Å². The largest absolute Gasteiger partial charge is 0.494 e. The van der Waals surface area contributed by atoms with Crippen molar-refractivity contribution in [1.82, 2.24) is 0 Å². The summed E-state index contributed by atoms with van der Waals surface area (Å²) in [5.41, 5.74) is 8.44. The summed E-state index contributed by atoms with van der Waals surface area (Å²) >= 11 is 5.16. The second-order valence-corrected chi connectivity index (χ2v) is 5.25. The van der Waals surface area contributed by atoms with E-state index in [4.69, 9.17) is 10.5 Å². The van der Waals surface area contributed by atoms with E-state index < -0.39 is 0 Å². The van der Waals surface area contributed by atoms with Crippen LogP contribution in [0.3, 0.4) is 0 Å². The molecule has 4 heteroatoms. The van der Waals surface area contributed by atoms with E-state index in [0.29, 0.717) is 6.61 Å². The molecule has 2 nitrogen and oxygen atoms in total. The van der Waals surface area contributed by atoms with Crippen molar-refractivity contribution in [1.29, 1.82) is 0 Å². The van der Waals surface area contributed by atoms with E-state index in [9.17, 15) is 0 Å². The first kappa shape index (κ1) is 12.6. The Bertz CT molecular complexity index is 480. The summed E-state index contributed by atoms with van der Waals surface area (Å²) in [6.45, 7) is 2.66. The van der Waals surface area contributed by atoms with Crippen LogP contribution >= 0.6 is 27.3 Å². The molecule has 0 radical (unpaired) electrons. The highest BCUT2D eigenvalue weighted by Gasteiger charge is 2.12. The average molecular weight is 312 g/mol. The molecule has 1 atom stereocenters. The molecule has 0 spiro atoms. The second kappa shape index (κ2) is 5.67. The van der Waals surface area contributed by atoms with Crippen molar-refractivity contribution in [2.75, 3.05) is 6.61 Å². The summed E-state index contributed by atoms with van der Waals surface area (Å²) in [6.07, 6.45) is 0. The normalized spacial score (nSPS) is 12.4. The van der Waals surface area contributed by atoms with E-state index in [1.807, 2.05) is 36.6 Å². The number of halogens is 1. The van der Waals surface area contributed by atoms with Gasteiger partial charge < -0.3 is 10.5 Å². The molecule has 0 aliphatic rings. The quantitative estimate of drug-likeness (QED) is 0.927. The van der Waals surface area contributed by atoms with Crippen LogP contribution in [0.4, 0.5) is 0 Å². The number of ether oxygens (including phenoxy) is 1. The molecule has 2 rings (SSSR count). The van der Waals surface area contributed by atoms with Crippen molar-refractivity contribution < 1.29 is 4.74 Å². The molecule has 1 aromatic heterocycles. The number of thiophene rings is 1. The van der Waals surface area contributed by atoms with Crippen LogP contribution in [0, 0.1) is 0 Å². The molecule has 1 aromatic carbocycles. The highest BCUT2D eigenvalue weighted by atomic mass is 79.9. The highest BCUT2D eigenvalue weighted by Crippen LogP contribution is 2.30. The minimum Gasteiger partial charge on any atom is -0.494 e. The zero-order valence-electron chi connectivity index (χ0n) is 9.52. The van der Waals surface area contributed by atoms with Crippen LogP contribution in [0.1, 0.15) is 24.1 Å². The predicted octanol–water partition coefficient (Wildman–Crippen LogP) is 3.96. The number of hydrogen-bond acceptors (Lipinski definition) is 3. The predicted molar refractivity (Wildman–Crippen MR) is 75.7 cm³/mol. The molecular formula is C13H14BrNOS. The van der Waals surface area contributed by atoms with Crippen molar-refractivity contribution >= 4 is 27.3 Å². The summed E-state index contributed by atoms with van der Waals surface area (Å²) in [5, 5.41) is 4.12. The molecule has 2 N–H and O–H groups in total. The van der Waals surface area contributed by atoms with E-state index in [-0.39, 0.29) is 6.04 Å². The lowest BCUT2D eigenvalue weighted by atomic mass is 10.0. The summed E-state index contributed by atoms with van der Waals surface area (Å²) in [7, 11) is 0. The van der Waals surface area contributed by atoms with Crippen molar-refractivity contribution in [2.24, 2.45) is 5.73 Å².